The second-order valence-corrected chi connectivity index (χ2v) is 6.73. The number of carbonyl (C=O) groups excluding carboxylic acids is 1. The Morgan fingerprint density at radius 2 is 1.85 bits per heavy atom. The van der Waals surface area contributed by atoms with Crippen LogP contribution in [0.4, 0.5) is 11.4 Å². The lowest BCUT2D eigenvalue weighted by Gasteiger charge is -2.40. The quantitative estimate of drug-likeness (QED) is 0.815. The fraction of sp³-hybridized carbons (Fsp3) is 0.562. The van der Waals surface area contributed by atoms with Crippen molar-refractivity contribution in [1.29, 1.82) is 0 Å². The molecule has 4 heteroatoms. The minimum atomic E-state index is -0.464. The standard InChI is InChI=1S/C16H25N3O/c1-16(2,3)11-7-9-19(10-8-11)13-6-4-5-12(14(13)17)15(18)20/h4-6,11H,7-10,17H2,1-3H3,(H2,18,20). The van der Waals surface area contributed by atoms with Crippen molar-refractivity contribution in [3.8, 4) is 0 Å². The van der Waals surface area contributed by atoms with Crippen molar-refractivity contribution in [1.82, 2.24) is 0 Å². The summed E-state index contributed by atoms with van der Waals surface area (Å²) in [5.74, 6) is 0.272. The van der Waals surface area contributed by atoms with Crippen LogP contribution in [0.5, 0.6) is 0 Å². The summed E-state index contributed by atoms with van der Waals surface area (Å²) in [6, 6.07) is 5.50. The van der Waals surface area contributed by atoms with Gasteiger partial charge < -0.3 is 16.4 Å². The number of hydrogen-bond donors (Lipinski definition) is 2. The zero-order chi connectivity index (χ0) is 14.9. The smallest absolute Gasteiger partial charge is 0.250 e. The molecule has 0 aromatic heterocycles. The zero-order valence-corrected chi connectivity index (χ0v) is 12.6. The van der Waals surface area contributed by atoms with Crippen molar-refractivity contribution in [2.45, 2.75) is 33.6 Å². The lowest BCUT2D eigenvalue weighted by atomic mass is 9.75. The third-order valence-corrected chi connectivity index (χ3v) is 4.41. The topological polar surface area (TPSA) is 72.3 Å². The number of piperidine rings is 1. The first kappa shape index (κ1) is 14.7. The molecule has 0 radical (unpaired) electrons. The van der Waals surface area contributed by atoms with Gasteiger partial charge in [0, 0.05) is 13.1 Å². The Morgan fingerprint density at radius 1 is 1.25 bits per heavy atom. The van der Waals surface area contributed by atoms with E-state index in [0.717, 1.165) is 37.5 Å². The molecule has 1 aromatic carbocycles. The molecule has 4 nitrogen and oxygen atoms in total. The molecule has 20 heavy (non-hydrogen) atoms. The first-order chi connectivity index (χ1) is 9.30. The van der Waals surface area contributed by atoms with Crippen LogP contribution in [0.25, 0.3) is 0 Å². The largest absolute Gasteiger partial charge is 0.396 e. The van der Waals surface area contributed by atoms with Crippen LogP contribution in [0.2, 0.25) is 0 Å². The van der Waals surface area contributed by atoms with Gasteiger partial charge in [-0.2, -0.15) is 0 Å². The van der Waals surface area contributed by atoms with Crippen LogP contribution in [-0.4, -0.2) is 19.0 Å². The van der Waals surface area contributed by atoms with Gasteiger partial charge in [-0.25, -0.2) is 0 Å². The molecule has 0 atom stereocenters. The van der Waals surface area contributed by atoms with Gasteiger partial charge >= 0.3 is 0 Å². The molecular formula is C16H25N3O. The van der Waals surface area contributed by atoms with E-state index in [0.29, 0.717) is 16.7 Å². The molecule has 1 fully saturated rings. The Morgan fingerprint density at radius 3 is 2.35 bits per heavy atom. The van der Waals surface area contributed by atoms with Gasteiger partial charge in [-0.1, -0.05) is 26.8 Å². The van der Waals surface area contributed by atoms with E-state index >= 15 is 0 Å². The molecule has 0 bridgehead atoms. The van der Waals surface area contributed by atoms with Crippen molar-refractivity contribution in [2.75, 3.05) is 23.7 Å². The molecule has 2 rings (SSSR count). The van der Waals surface area contributed by atoms with Crippen molar-refractivity contribution >= 4 is 17.3 Å². The third-order valence-electron chi connectivity index (χ3n) is 4.41. The summed E-state index contributed by atoms with van der Waals surface area (Å²) in [7, 11) is 0. The van der Waals surface area contributed by atoms with Crippen LogP contribution >= 0.6 is 0 Å². The van der Waals surface area contributed by atoms with Crippen molar-refractivity contribution in [3.05, 3.63) is 23.8 Å². The molecular weight excluding hydrogens is 250 g/mol. The molecule has 1 saturated heterocycles. The molecule has 0 saturated carbocycles. The second kappa shape index (κ2) is 5.35. The van der Waals surface area contributed by atoms with E-state index in [9.17, 15) is 4.79 Å². The van der Waals surface area contributed by atoms with E-state index in [1.807, 2.05) is 12.1 Å². The van der Waals surface area contributed by atoms with E-state index in [1.165, 1.54) is 0 Å². The average Bonchev–Trinajstić information content (AvgIpc) is 2.38. The number of para-hydroxylation sites is 1. The Balaban J connectivity index is 2.15. The molecule has 110 valence electrons. The maximum Gasteiger partial charge on any atom is 0.250 e. The van der Waals surface area contributed by atoms with Gasteiger partial charge in [0.15, 0.2) is 0 Å². The molecule has 0 spiro atoms. The highest BCUT2D eigenvalue weighted by Crippen LogP contribution is 2.37. The normalized spacial score (nSPS) is 17.2. The predicted molar refractivity (Wildman–Crippen MR) is 83.8 cm³/mol. The summed E-state index contributed by atoms with van der Waals surface area (Å²) < 4.78 is 0. The van der Waals surface area contributed by atoms with Crippen molar-refractivity contribution < 1.29 is 4.79 Å². The second-order valence-electron chi connectivity index (χ2n) is 6.73. The number of rotatable bonds is 2. The third kappa shape index (κ3) is 2.89. The number of benzene rings is 1. The predicted octanol–water partition coefficient (Wildman–Crippen LogP) is 2.63. The van der Waals surface area contributed by atoms with Gasteiger partial charge in [0.2, 0.25) is 0 Å². The minimum Gasteiger partial charge on any atom is -0.396 e. The van der Waals surface area contributed by atoms with E-state index in [4.69, 9.17) is 11.5 Å². The van der Waals surface area contributed by atoms with E-state index < -0.39 is 5.91 Å². The monoisotopic (exact) mass is 275 g/mol. The lowest BCUT2D eigenvalue weighted by Crippen LogP contribution is -2.38. The first-order valence-electron chi connectivity index (χ1n) is 7.24. The minimum absolute atomic E-state index is 0.354. The average molecular weight is 275 g/mol. The van der Waals surface area contributed by atoms with E-state index in [2.05, 4.69) is 25.7 Å². The van der Waals surface area contributed by atoms with Crippen LogP contribution in [0.15, 0.2) is 18.2 Å². The molecule has 0 unspecified atom stereocenters. The summed E-state index contributed by atoms with van der Waals surface area (Å²) in [5, 5.41) is 0. The highest BCUT2D eigenvalue weighted by atomic mass is 16.1. The van der Waals surface area contributed by atoms with Crippen LogP contribution in [-0.2, 0) is 0 Å². The van der Waals surface area contributed by atoms with E-state index in [1.54, 1.807) is 6.07 Å². The summed E-state index contributed by atoms with van der Waals surface area (Å²) in [4.78, 5) is 13.6. The Bertz CT molecular complexity index is 497. The number of primary amides is 1. The van der Waals surface area contributed by atoms with Gasteiger partial charge in [0.1, 0.15) is 0 Å². The number of anilines is 2. The fourth-order valence-corrected chi connectivity index (χ4v) is 3.03. The number of nitrogens with two attached hydrogens (primary N) is 2. The summed E-state index contributed by atoms with van der Waals surface area (Å²) in [6.07, 6.45) is 2.31. The van der Waals surface area contributed by atoms with Gasteiger partial charge in [-0.05, 0) is 36.3 Å². The zero-order valence-electron chi connectivity index (χ0n) is 12.6. The number of nitrogens with zero attached hydrogens (tertiary/aromatic N) is 1. The Kier molecular flexibility index (Phi) is 3.93. The number of amides is 1. The Hall–Kier alpha value is -1.71. The fourth-order valence-electron chi connectivity index (χ4n) is 3.03. The van der Waals surface area contributed by atoms with Gasteiger partial charge in [0.25, 0.3) is 5.91 Å². The molecule has 1 heterocycles. The molecule has 1 amide bonds. The molecule has 1 aromatic rings. The molecule has 4 N–H and O–H groups in total. The van der Waals surface area contributed by atoms with Crippen LogP contribution < -0.4 is 16.4 Å². The van der Waals surface area contributed by atoms with E-state index in [-0.39, 0.29) is 0 Å². The SMILES string of the molecule is CC(C)(C)C1CCN(c2cccc(C(N)=O)c2N)CC1. The number of hydrogen-bond acceptors (Lipinski definition) is 3. The first-order valence-corrected chi connectivity index (χ1v) is 7.24. The van der Waals surface area contributed by atoms with Crippen LogP contribution in [0.3, 0.4) is 0 Å². The van der Waals surface area contributed by atoms with Gasteiger partial charge in [-0.15, -0.1) is 0 Å². The summed E-state index contributed by atoms with van der Waals surface area (Å²) in [6.45, 7) is 8.86. The van der Waals surface area contributed by atoms with Crippen LogP contribution in [0, 0.1) is 11.3 Å². The summed E-state index contributed by atoms with van der Waals surface area (Å²) >= 11 is 0. The number of carbonyl (C=O) groups is 1. The van der Waals surface area contributed by atoms with Crippen molar-refractivity contribution in [3.63, 3.8) is 0 Å². The highest BCUT2D eigenvalue weighted by Gasteiger charge is 2.29. The highest BCUT2D eigenvalue weighted by molar-refractivity contribution is 6.00. The summed E-state index contributed by atoms with van der Waals surface area (Å²) in [5.41, 5.74) is 13.7. The Labute approximate surface area is 121 Å². The van der Waals surface area contributed by atoms with Crippen molar-refractivity contribution in [2.24, 2.45) is 17.1 Å². The maximum atomic E-state index is 11.4. The lowest BCUT2D eigenvalue weighted by molar-refractivity contribution is 0.100. The molecule has 1 aliphatic rings. The van der Waals surface area contributed by atoms with Crippen LogP contribution in [0.1, 0.15) is 44.0 Å². The molecule has 0 aliphatic carbocycles. The number of nitrogen functional groups attached to an aromatic ring is 1. The molecule has 1 aliphatic heterocycles. The maximum absolute atomic E-state index is 11.4. The van der Waals surface area contributed by atoms with Gasteiger partial charge in [0.05, 0.1) is 16.9 Å². The van der Waals surface area contributed by atoms with Gasteiger partial charge in [-0.3, -0.25) is 4.79 Å².